The number of nitrogens with two attached hydrogens (primary N) is 1. The summed E-state index contributed by atoms with van der Waals surface area (Å²) in [6.07, 6.45) is 0.347. The molecule has 4 heavy (non-hydrogen) atoms. The van der Waals surface area contributed by atoms with E-state index in [1.54, 1.807) is 0 Å². The SMILES string of the molecule is [C]CCN. The monoisotopic (exact) mass is 56.1 g/mol. The summed E-state index contributed by atoms with van der Waals surface area (Å²) in [5, 5.41) is 0. The molecule has 0 aliphatic heterocycles. The van der Waals surface area contributed by atoms with E-state index in [4.69, 9.17) is 12.7 Å². The van der Waals surface area contributed by atoms with Crippen molar-refractivity contribution in [2.45, 2.75) is 6.42 Å². The van der Waals surface area contributed by atoms with Crippen molar-refractivity contribution in [3.8, 4) is 0 Å². The molecule has 1 nitrogen and oxygen atoms in total. The van der Waals surface area contributed by atoms with Gasteiger partial charge in [-0.3, -0.25) is 0 Å². The van der Waals surface area contributed by atoms with Gasteiger partial charge in [0.2, 0.25) is 0 Å². The molecular formula is C3H6N. The minimum atomic E-state index is 0.347. The van der Waals surface area contributed by atoms with Crippen LogP contribution in [0.1, 0.15) is 6.42 Å². The lowest BCUT2D eigenvalue weighted by atomic mass is 10.5. The third kappa shape index (κ3) is 1.96. The Bertz CT molecular complexity index is 5.25. The zero-order valence-corrected chi connectivity index (χ0v) is 2.49. The van der Waals surface area contributed by atoms with Crippen LogP contribution in [0.5, 0.6) is 0 Å². The van der Waals surface area contributed by atoms with Crippen LogP contribution in [0.2, 0.25) is 0 Å². The van der Waals surface area contributed by atoms with Crippen molar-refractivity contribution in [3.63, 3.8) is 0 Å². The highest BCUT2D eigenvalue weighted by Crippen LogP contribution is 1.55. The molecule has 0 aliphatic carbocycles. The molecule has 0 aliphatic rings. The molecule has 0 amide bonds. The first-order valence-electron chi connectivity index (χ1n) is 1.26. The van der Waals surface area contributed by atoms with Crippen molar-refractivity contribution in [2.75, 3.05) is 6.54 Å². The predicted octanol–water partition coefficient (Wildman–Crippen LogP) is -0.0767. The molecule has 0 aromatic rings. The largest absolute Gasteiger partial charge is 0.330 e. The minimum absolute atomic E-state index is 0.347. The van der Waals surface area contributed by atoms with Crippen molar-refractivity contribution < 1.29 is 0 Å². The van der Waals surface area contributed by atoms with E-state index in [9.17, 15) is 0 Å². The normalized spacial score (nSPS) is 7.50. The zero-order valence-electron chi connectivity index (χ0n) is 2.49. The van der Waals surface area contributed by atoms with Crippen molar-refractivity contribution >= 4 is 0 Å². The topological polar surface area (TPSA) is 26.0 Å². The second-order valence-electron chi connectivity index (χ2n) is 0.539. The highest BCUT2D eigenvalue weighted by molar-refractivity contribution is 4.33. The lowest BCUT2D eigenvalue weighted by Crippen LogP contribution is -1.93. The van der Waals surface area contributed by atoms with E-state index < -0.39 is 0 Å². The van der Waals surface area contributed by atoms with E-state index in [1.807, 2.05) is 0 Å². The van der Waals surface area contributed by atoms with Gasteiger partial charge >= 0.3 is 0 Å². The summed E-state index contributed by atoms with van der Waals surface area (Å²) < 4.78 is 0. The quantitative estimate of drug-likeness (QED) is 0.447. The fourth-order valence-electron chi connectivity index (χ4n) is 0. The summed E-state index contributed by atoms with van der Waals surface area (Å²) in [7, 11) is 0. The van der Waals surface area contributed by atoms with Gasteiger partial charge in [0.05, 0.1) is 0 Å². The molecule has 0 spiro atoms. The second kappa shape index (κ2) is 2.96. The van der Waals surface area contributed by atoms with Gasteiger partial charge in [0.1, 0.15) is 0 Å². The van der Waals surface area contributed by atoms with Gasteiger partial charge in [-0.2, -0.15) is 0 Å². The van der Waals surface area contributed by atoms with Crippen LogP contribution < -0.4 is 5.73 Å². The van der Waals surface area contributed by atoms with Crippen molar-refractivity contribution in [1.82, 2.24) is 0 Å². The van der Waals surface area contributed by atoms with Gasteiger partial charge in [-0.15, -0.1) is 0 Å². The van der Waals surface area contributed by atoms with Gasteiger partial charge in [-0.1, -0.05) is 0 Å². The summed E-state index contributed by atoms with van der Waals surface area (Å²) >= 11 is 0. The third-order valence-electron chi connectivity index (χ3n) is 0.144. The van der Waals surface area contributed by atoms with Crippen molar-refractivity contribution in [1.29, 1.82) is 0 Å². The smallest absolute Gasteiger partial charge is 0.00713 e. The summed E-state index contributed by atoms with van der Waals surface area (Å²) in [5.41, 5.74) is 4.84. The average molecular weight is 56.1 g/mol. The van der Waals surface area contributed by atoms with E-state index >= 15 is 0 Å². The van der Waals surface area contributed by atoms with Crippen LogP contribution >= 0.6 is 0 Å². The zero-order chi connectivity index (χ0) is 3.41. The van der Waals surface area contributed by atoms with Crippen LogP contribution in [0, 0.1) is 6.92 Å². The minimum Gasteiger partial charge on any atom is -0.330 e. The van der Waals surface area contributed by atoms with Crippen LogP contribution in [-0.4, -0.2) is 6.54 Å². The molecule has 3 radical (unpaired) electrons. The number of hydrogen-bond donors (Lipinski definition) is 1. The lowest BCUT2D eigenvalue weighted by Gasteiger charge is -1.69. The molecule has 1 heteroatoms. The van der Waals surface area contributed by atoms with Crippen LogP contribution in [0.3, 0.4) is 0 Å². The Morgan fingerprint density at radius 2 is 2.00 bits per heavy atom. The fraction of sp³-hybridized carbons (Fsp3) is 0.667. The molecule has 0 bridgehead atoms. The van der Waals surface area contributed by atoms with Gasteiger partial charge in [-0.25, -0.2) is 0 Å². The fourth-order valence-corrected chi connectivity index (χ4v) is 0. The lowest BCUT2D eigenvalue weighted by molar-refractivity contribution is 1.01. The van der Waals surface area contributed by atoms with Gasteiger partial charge < -0.3 is 5.73 Å². The van der Waals surface area contributed by atoms with Crippen molar-refractivity contribution in [2.24, 2.45) is 5.73 Å². The molecule has 23 valence electrons. The Morgan fingerprint density at radius 1 is 1.75 bits per heavy atom. The molecule has 0 aromatic heterocycles. The van der Waals surface area contributed by atoms with Crippen LogP contribution in [0.4, 0.5) is 0 Å². The number of rotatable bonds is 1. The Kier molecular flexibility index (Phi) is 2.93. The summed E-state index contributed by atoms with van der Waals surface area (Å²) in [4.78, 5) is 0. The molecule has 0 fully saturated rings. The highest BCUT2D eigenvalue weighted by atomic mass is 14.5. The maximum absolute atomic E-state index is 6.33. The Labute approximate surface area is 26.8 Å². The second-order valence-corrected chi connectivity index (χ2v) is 0.539. The first-order chi connectivity index (χ1) is 1.91. The van der Waals surface area contributed by atoms with Gasteiger partial charge in [0.25, 0.3) is 0 Å². The molecule has 0 unspecified atom stereocenters. The number of hydrogen-bond acceptors (Lipinski definition) is 1. The van der Waals surface area contributed by atoms with E-state index in [1.165, 1.54) is 0 Å². The molecule has 0 saturated carbocycles. The summed E-state index contributed by atoms with van der Waals surface area (Å²) in [6, 6.07) is 0. The highest BCUT2D eigenvalue weighted by Gasteiger charge is 1.56. The van der Waals surface area contributed by atoms with E-state index in [-0.39, 0.29) is 0 Å². The standard InChI is InChI=1S/C3H6N/c1-2-3-4/h2-4H2. The Morgan fingerprint density at radius 3 is 2.00 bits per heavy atom. The summed E-state index contributed by atoms with van der Waals surface area (Å²) in [6.45, 7) is 6.81. The molecule has 0 rings (SSSR count). The van der Waals surface area contributed by atoms with Crippen molar-refractivity contribution in [3.05, 3.63) is 6.92 Å². The predicted molar refractivity (Wildman–Crippen MR) is 16.9 cm³/mol. The average Bonchev–Trinajstić information content (AvgIpc) is 1.37. The Balaban J connectivity index is 1.97. The third-order valence-corrected chi connectivity index (χ3v) is 0.144. The molecule has 2 N–H and O–H groups in total. The first-order valence-corrected chi connectivity index (χ1v) is 1.26. The maximum atomic E-state index is 6.33. The first kappa shape index (κ1) is 3.96. The molecule has 0 saturated heterocycles. The van der Waals surface area contributed by atoms with Gasteiger partial charge in [-0.05, 0) is 19.9 Å². The van der Waals surface area contributed by atoms with E-state index in [2.05, 4.69) is 0 Å². The molecule has 0 aromatic carbocycles. The van der Waals surface area contributed by atoms with E-state index in [0.29, 0.717) is 13.0 Å². The van der Waals surface area contributed by atoms with E-state index in [0.717, 1.165) is 0 Å². The van der Waals surface area contributed by atoms with Gasteiger partial charge in [0.15, 0.2) is 0 Å². The molecule has 0 atom stereocenters. The maximum Gasteiger partial charge on any atom is -0.00713 e. The van der Waals surface area contributed by atoms with Crippen LogP contribution in [0.15, 0.2) is 0 Å². The molecular weight excluding hydrogens is 50.0 g/mol. The van der Waals surface area contributed by atoms with Gasteiger partial charge in [0, 0.05) is 0 Å². The Hall–Kier alpha value is -0.0400. The summed E-state index contributed by atoms with van der Waals surface area (Å²) in [5.74, 6) is 0. The molecule has 0 heterocycles. The van der Waals surface area contributed by atoms with Crippen LogP contribution in [0.25, 0.3) is 0 Å². The van der Waals surface area contributed by atoms with Crippen LogP contribution in [-0.2, 0) is 0 Å².